The second kappa shape index (κ2) is 4.99. The number of aldehydes is 1. The molecule has 0 rings (SSSR count). The number of carbonyl (C=O) groups is 1. The highest BCUT2D eigenvalue weighted by Gasteiger charge is 1.92. The highest BCUT2D eigenvalue weighted by Crippen LogP contribution is 1.94. The van der Waals surface area contributed by atoms with Crippen molar-refractivity contribution in [3.8, 4) is 0 Å². The largest absolute Gasteiger partial charge is 0.324 e. The molecule has 1 N–H and O–H groups in total. The first-order chi connectivity index (χ1) is 4.66. The van der Waals surface area contributed by atoms with Gasteiger partial charge in [0.1, 0.15) is 6.29 Å². The summed E-state index contributed by atoms with van der Waals surface area (Å²) >= 11 is 0. The van der Waals surface area contributed by atoms with Gasteiger partial charge in [0.15, 0.2) is 0 Å². The summed E-state index contributed by atoms with van der Waals surface area (Å²) < 4.78 is 0. The molecule has 0 saturated carbocycles. The fourth-order valence-electron chi connectivity index (χ4n) is 0.605. The average molecular weight is 142 g/mol. The minimum atomic E-state index is 0.541. The van der Waals surface area contributed by atoms with Crippen molar-refractivity contribution in [2.75, 3.05) is 14.1 Å². The van der Waals surface area contributed by atoms with Gasteiger partial charge in [0.25, 0.3) is 0 Å². The van der Waals surface area contributed by atoms with E-state index >= 15 is 0 Å². The minimum Gasteiger partial charge on any atom is -0.324 e. The summed E-state index contributed by atoms with van der Waals surface area (Å²) in [5.41, 5.74) is 3.83. The van der Waals surface area contributed by atoms with Crippen molar-refractivity contribution in [3.05, 3.63) is 12.3 Å². The molecule has 0 radical (unpaired) electrons. The number of hydrogen-bond donors (Lipinski definition) is 1. The van der Waals surface area contributed by atoms with Crippen molar-refractivity contribution >= 4 is 6.29 Å². The highest BCUT2D eigenvalue weighted by atomic mass is 16.1. The molecule has 10 heavy (non-hydrogen) atoms. The van der Waals surface area contributed by atoms with Gasteiger partial charge in [-0.25, -0.2) is 5.01 Å². The second-order valence-electron chi connectivity index (χ2n) is 2.32. The zero-order chi connectivity index (χ0) is 7.98. The fraction of sp³-hybridized carbons (Fsp3) is 0.571. The molecule has 0 unspecified atom stereocenters. The van der Waals surface area contributed by atoms with Gasteiger partial charge in [-0.05, 0) is 6.42 Å². The Labute approximate surface area is 61.7 Å². The Morgan fingerprint density at radius 2 is 2.30 bits per heavy atom. The predicted octanol–water partition coefficient (Wildman–Crippen LogP) is 0.545. The van der Waals surface area contributed by atoms with Gasteiger partial charge in [0.05, 0.1) is 0 Å². The summed E-state index contributed by atoms with van der Waals surface area (Å²) in [6.07, 6.45) is 2.14. The molecule has 0 heterocycles. The molecule has 0 fully saturated rings. The van der Waals surface area contributed by atoms with E-state index in [0.29, 0.717) is 12.8 Å². The van der Waals surface area contributed by atoms with Crippen molar-refractivity contribution in [2.45, 2.75) is 12.8 Å². The van der Waals surface area contributed by atoms with Gasteiger partial charge >= 0.3 is 0 Å². The van der Waals surface area contributed by atoms with Crippen LogP contribution in [0.4, 0.5) is 0 Å². The predicted molar refractivity (Wildman–Crippen MR) is 41.3 cm³/mol. The first-order valence-corrected chi connectivity index (χ1v) is 3.22. The van der Waals surface area contributed by atoms with E-state index in [9.17, 15) is 4.79 Å². The highest BCUT2D eigenvalue weighted by molar-refractivity contribution is 5.49. The Bertz CT molecular complexity index is 121. The Kier molecular flexibility index (Phi) is 4.58. The third-order valence-electron chi connectivity index (χ3n) is 0.946. The Balaban J connectivity index is 3.34. The smallest absolute Gasteiger partial charge is 0.120 e. The Morgan fingerprint density at radius 1 is 1.70 bits per heavy atom. The molecule has 0 saturated heterocycles. The standard InChI is InChI=1S/C7H14N2O/c1-7(5-4-6-10)8-9(2)3/h6,8H,1,4-5H2,2-3H3. The van der Waals surface area contributed by atoms with Gasteiger partial charge in [-0.3, -0.25) is 0 Å². The van der Waals surface area contributed by atoms with Gasteiger partial charge in [0.2, 0.25) is 0 Å². The van der Waals surface area contributed by atoms with E-state index in [1.165, 1.54) is 0 Å². The molecule has 0 bridgehead atoms. The molecule has 0 aromatic rings. The molecule has 0 aliphatic heterocycles. The van der Waals surface area contributed by atoms with Crippen LogP contribution in [0.3, 0.4) is 0 Å². The van der Waals surface area contributed by atoms with E-state index in [0.717, 1.165) is 12.0 Å². The van der Waals surface area contributed by atoms with Crippen LogP contribution in [0.15, 0.2) is 12.3 Å². The number of nitrogens with one attached hydrogen (secondary N) is 1. The number of allylic oxidation sites excluding steroid dienone is 1. The van der Waals surface area contributed by atoms with Crippen LogP contribution >= 0.6 is 0 Å². The van der Waals surface area contributed by atoms with E-state index in [-0.39, 0.29) is 0 Å². The zero-order valence-corrected chi connectivity index (χ0v) is 6.55. The third-order valence-corrected chi connectivity index (χ3v) is 0.946. The molecule has 0 spiro atoms. The van der Waals surface area contributed by atoms with Crippen LogP contribution in [0, 0.1) is 0 Å². The monoisotopic (exact) mass is 142 g/mol. The lowest BCUT2D eigenvalue weighted by molar-refractivity contribution is -0.107. The van der Waals surface area contributed by atoms with Crippen LogP contribution in [0.2, 0.25) is 0 Å². The second-order valence-corrected chi connectivity index (χ2v) is 2.32. The molecular formula is C7H14N2O. The maximum atomic E-state index is 9.91. The molecule has 0 aliphatic rings. The first kappa shape index (κ1) is 9.17. The summed E-state index contributed by atoms with van der Waals surface area (Å²) in [5, 5.41) is 1.80. The molecule has 0 aromatic carbocycles. The number of hydrogen-bond acceptors (Lipinski definition) is 3. The maximum absolute atomic E-state index is 9.91. The lowest BCUT2D eigenvalue weighted by Crippen LogP contribution is -2.29. The molecule has 0 atom stereocenters. The van der Waals surface area contributed by atoms with Gasteiger partial charge in [-0.1, -0.05) is 6.58 Å². The van der Waals surface area contributed by atoms with Gasteiger partial charge < -0.3 is 10.2 Å². The first-order valence-electron chi connectivity index (χ1n) is 3.22. The van der Waals surface area contributed by atoms with Crippen LogP contribution in [0.25, 0.3) is 0 Å². The van der Waals surface area contributed by atoms with Crippen molar-refractivity contribution < 1.29 is 4.79 Å². The van der Waals surface area contributed by atoms with Gasteiger partial charge in [-0.2, -0.15) is 0 Å². The maximum Gasteiger partial charge on any atom is 0.120 e. The zero-order valence-electron chi connectivity index (χ0n) is 6.55. The lowest BCUT2D eigenvalue weighted by atomic mass is 10.3. The van der Waals surface area contributed by atoms with Crippen molar-refractivity contribution in [2.24, 2.45) is 0 Å². The van der Waals surface area contributed by atoms with Crippen molar-refractivity contribution in [1.82, 2.24) is 10.4 Å². The van der Waals surface area contributed by atoms with Crippen LogP contribution < -0.4 is 5.43 Å². The SMILES string of the molecule is C=C(CCC=O)NN(C)C. The van der Waals surface area contributed by atoms with Crippen LogP contribution in [-0.4, -0.2) is 25.4 Å². The normalized spacial score (nSPS) is 9.50. The van der Waals surface area contributed by atoms with Crippen LogP contribution in [-0.2, 0) is 4.79 Å². The Hall–Kier alpha value is -0.830. The Morgan fingerprint density at radius 3 is 2.70 bits per heavy atom. The number of nitrogens with zero attached hydrogens (tertiary/aromatic N) is 1. The summed E-state index contributed by atoms with van der Waals surface area (Å²) in [4.78, 5) is 9.91. The number of rotatable bonds is 5. The lowest BCUT2D eigenvalue weighted by Gasteiger charge is -2.14. The minimum absolute atomic E-state index is 0.541. The fourth-order valence-corrected chi connectivity index (χ4v) is 0.605. The molecular weight excluding hydrogens is 128 g/mol. The van der Waals surface area contributed by atoms with Gasteiger partial charge in [-0.15, -0.1) is 0 Å². The third kappa shape index (κ3) is 5.31. The van der Waals surface area contributed by atoms with E-state index < -0.39 is 0 Å². The number of carbonyl (C=O) groups excluding carboxylic acids is 1. The molecule has 0 aromatic heterocycles. The van der Waals surface area contributed by atoms with E-state index in [4.69, 9.17) is 0 Å². The van der Waals surface area contributed by atoms with Gasteiger partial charge in [0, 0.05) is 26.2 Å². The summed E-state index contributed by atoms with van der Waals surface area (Å²) in [7, 11) is 3.76. The van der Waals surface area contributed by atoms with E-state index in [2.05, 4.69) is 12.0 Å². The molecule has 58 valence electrons. The van der Waals surface area contributed by atoms with E-state index in [1.54, 1.807) is 5.01 Å². The average Bonchev–Trinajstić information content (AvgIpc) is 1.82. The number of hydrazine groups is 1. The topological polar surface area (TPSA) is 32.3 Å². The molecule has 3 heteroatoms. The molecule has 3 nitrogen and oxygen atoms in total. The van der Waals surface area contributed by atoms with Crippen molar-refractivity contribution in [1.29, 1.82) is 0 Å². The van der Waals surface area contributed by atoms with E-state index in [1.807, 2.05) is 14.1 Å². The van der Waals surface area contributed by atoms with Crippen LogP contribution in [0.1, 0.15) is 12.8 Å². The van der Waals surface area contributed by atoms with Crippen LogP contribution in [0.5, 0.6) is 0 Å². The summed E-state index contributed by atoms with van der Waals surface area (Å²) in [5.74, 6) is 0. The molecule has 0 amide bonds. The summed E-state index contributed by atoms with van der Waals surface area (Å²) in [6.45, 7) is 3.72. The summed E-state index contributed by atoms with van der Waals surface area (Å²) in [6, 6.07) is 0. The quantitative estimate of drug-likeness (QED) is 0.449. The van der Waals surface area contributed by atoms with Crippen molar-refractivity contribution in [3.63, 3.8) is 0 Å². The molecule has 0 aliphatic carbocycles.